The van der Waals surface area contributed by atoms with Crippen LogP contribution in [0.25, 0.3) is 0 Å². The molecule has 0 radical (unpaired) electrons. The van der Waals surface area contributed by atoms with Crippen LogP contribution < -0.4 is 0 Å². The summed E-state index contributed by atoms with van der Waals surface area (Å²) in [4.78, 5) is 12.6. The maximum absolute atomic E-state index is 12.6. The second-order valence-corrected chi connectivity index (χ2v) is 7.96. The molecule has 4 rings (SSSR count). The first kappa shape index (κ1) is 13.8. The van der Waals surface area contributed by atoms with Crippen molar-refractivity contribution in [3.8, 4) is 0 Å². The van der Waals surface area contributed by atoms with Crippen LogP contribution in [0.3, 0.4) is 0 Å². The monoisotopic (exact) mass is 284 g/mol. The molecule has 0 amide bonds. The third kappa shape index (κ3) is 1.79. The lowest BCUT2D eigenvalue weighted by atomic mass is 9.50. The molecule has 5 atom stereocenters. The van der Waals surface area contributed by atoms with Crippen molar-refractivity contribution in [3.63, 3.8) is 0 Å². The second kappa shape index (κ2) is 4.83. The zero-order chi connectivity index (χ0) is 14.6. The van der Waals surface area contributed by atoms with Gasteiger partial charge in [-0.3, -0.25) is 4.79 Å². The number of hydrogen-bond donors (Lipinski definition) is 0. The quantitative estimate of drug-likeness (QED) is 0.614. The van der Waals surface area contributed by atoms with Crippen LogP contribution in [0.1, 0.15) is 64.7 Å². The van der Waals surface area contributed by atoms with Crippen molar-refractivity contribution in [2.24, 2.45) is 29.1 Å². The van der Waals surface area contributed by atoms with E-state index in [-0.39, 0.29) is 5.41 Å². The smallest absolute Gasteiger partial charge is 0.139 e. The number of fused-ring (bicyclic) bond motifs is 5. The van der Waals surface area contributed by atoms with E-state index >= 15 is 0 Å². The standard InChI is InChI=1S/C20H28O/c1-3-20-12-13(2)19-15-7-5-4-6-14(15)8-9-16(19)17(20)10-11-18(20)21/h6,15-17,19H,2-5,7-12H2,1H3/t15-,16-,17+,19-,20-/m0/s1. The fourth-order valence-corrected chi connectivity index (χ4v) is 6.49. The number of rotatable bonds is 1. The van der Waals surface area contributed by atoms with E-state index in [1.807, 2.05) is 0 Å². The van der Waals surface area contributed by atoms with Gasteiger partial charge in [0.15, 0.2) is 0 Å². The summed E-state index contributed by atoms with van der Waals surface area (Å²) >= 11 is 0. The number of carbonyl (C=O) groups excluding carboxylic acids is 1. The average molecular weight is 284 g/mol. The molecule has 0 aromatic carbocycles. The van der Waals surface area contributed by atoms with Crippen molar-refractivity contribution in [1.82, 2.24) is 0 Å². The van der Waals surface area contributed by atoms with E-state index in [1.54, 1.807) is 5.57 Å². The Morgan fingerprint density at radius 3 is 2.95 bits per heavy atom. The molecule has 0 saturated heterocycles. The Labute approximate surface area is 128 Å². The topological polar surface area (TPSA) is 17.1 Å². The van der Waals surface area contributed by atoms with Crippen molar-refractivity contribution < 1.29 is 4.79 Å². The second-order valence-electron chi connectivity index (χ2n) is 7.96. The summed E-state index contributed by atoms with van der Waals surface area (Å²) < 4.78 is 0. The molecule has 4 aliphatic carbocycles. The van der Waals surface area contributed by atoms with Crippen LogP contribution in [0.15, 0.2) is 23.8 Å². The molecular weight excluding hydrogens is 256 g/mol. The molecule has 114 valence electrons. The minimum absolute atomic E-state index is 0.0197. The van der Waals surface area contributed by atoms with E-state index in [1.165, 1.54) is 37.7 Å². The molecule has 0 bridgehead atoms. The summed E-state index contributed by atoms with van der Waals surface area (Å²) in [6, 6.07) is 0. The van der Waals surface area contributed by atoms with Gasteiger partial charge in [0.1, 0.15) is 5.78 Å². The summed E-state index contributed by atoms with van der Waals surface area (Å²) in [6.45, 7) is 6.73. The summed E-state index contributed by atoms with van der Waals surface area (Å²) in [5.41, 5.74) is 3.14. The Morgan fingerprint density at radius 1 is 1.29 bits per heavy atom. The molecule has 0 aliphatic heterocycles. The van der Waals surface area contributed by atoms with Gasteiger partial charge >= 0.3 is 0 Å². The zero-order valence-electron chi connectivity index (χ0n) is 13.4. The summed E-state index contributed by atoms with van der Waals surface area (Å²) in [5.74, 6) is 3.43. The van der Waals surface area contributed by atoms with Crippen molar-refractivity contribution in [2.75, 3.05) is 0 Å². The van der Waals surface area contributed by atoms with Gasteiger partial charge < -0.3 is 0 Å². The van der Waals surface area contributed by atoms with Gasteiger partial charge in [-0.2, -0.15) is 0 Å². The van der Waals surface area contributed by atoms with Gasteiger partial charge in [0.05, 0.1) is 0 Å². The predicted molar refractivity (Wildman–Crippen MR) is 85.9 cm³/mol. The molecule has 0 unspecified atom stereocenters. The van der Waals surface area contributed by atoms with Gasteiger partial charge in [0, 0.05) is 11.8 Å². The van der Waals surface area contributed by atoms with Gasteiger partial charge in [-0.1, -0.05) is 30.7 Å². The Balaban J connectivity index is 1.72. The first-order valence-corrected chi connectivity index (χ1v) is 9.07. The highest BCUT2D eigenvalue weighted by molar-refractivity contribution is 5.88. The molecule has 0 aromatic heterocycles. The SMILES string of the molecule is C=C1C[C@]2(CC)C(=O)CC[C@@H]2[C@@H]2CCC3=CCCC[C@@H]3[C@H]12. The highest BCUT2D eigenvalue weighted by Gasteiger charge is 2.58. The van der Waals surface area contributed by atoms with Gasteiger partial charge in [-0.05, 0) is 75.0 Å². The third-order valence-electron chi connectivity index (χ3n) is 7.37. The Morgan fingerprint density at radius 2 is 2.14 bits per heavy atom. The molecular formula is C20H28O. The van der Waals surface area contributed by atoms with Gasteiger partial charge in [-0.25, -0.2) is 0 Å². The zero-order valence-corrected chi connectivity index (χ0v) is 13.4. The van der Waals surface area contributed by atoms with Crippen LogP contribution in [0.2, 0.25) is 0 Å². The molecule has 21 heavy (non-hydrogen) atoms. The van der Waals surface area contributed by atoms with E-state index < -0.39 is 0 Å². The van der Waals surface area contributed by atoms with Crippen LogP contribution in [-0.4, -0.2) is 5.78 Å². The lowest BCUT2D eigenvalue weighted by molar-refractivity contribution is -0.130. The maximum atomic E-state index is 12.6. The first-order valence-electron chi connectivity index (χ1n) is 9.07. The first-order chi connectivity index (χ1) is 10.2. The summed E-state index contributed by atoms with van der Waals surface area (Å²) in [6.07, 6.45) is 13.2. The summed E-state index contributed by atoms with van der Waals surface area (Å²) in [5, 5.41) is 0. The average Bonchev–Trinajstić information content (AvgIpc) is 2.84. The number of ketones is 1. The minimum atomic E-state index is -0.0197. The van der Waals surface area contributed by atoms with Crippen molar-refractivity contribution in [1.29, 1.82) is 0 Å². The molecule has 4 aliphatic rings. The number of allylic oxidation sites excluding steroid dienone is 3. The molecule has 0 spiro atoms. The van der Waals surface area contributed by atoms with E-state index in [0.29, 0.717) is 17.6 Å². The molecule has 0 heterocycles. The largest absolute Gasteiger partial charge is 0.299 e. The van der Waals surface area contributed by atoms with Gasteiger partial charge in [0.2, 0.25) is 0 Å². The van der Waals surface area contributed by atoms with E-state index in [4.69, 9.17) is 0 Å². The van der Waals surface area contributed by atoms with E-state index in [9.17, 15) is 4.79 Å². The molecule has 0 N–H and O–H groups in total. The highest BCUT2D eigenvalue weighted by atomic mass is 16.1. The number of hydrogen-bond acceptors (Lipinski definition) is 1. The predicted octanol–water partition coefficient (Wildman–Crippen LogP) is 5.07. The van der Waals surface area contributed by atoms with Crippen LogP contribution in [-0.2, 0) is 4.79 Å². The summed E-state index contributed by atoms with van der Waals surface area (Å²) in [7, 11) is 0. The third-order valence-corrected chi connectivity index (χ3v) is 7.37. The lowest BCUT2D eigenvalue weighted by Crippen LogP contribution is -2.48. The Bertz CT molecular complexity index is 514. The van der Waals surface area contributed by atoms with Crippen LogP contribution >= 0.6 is 0 Å². The van der Waals surface area contributed by atoms with Crippen LogP contribution in [0, 0.1) is 29.1 Å². The van der Waals surface area contributed by atoms with Crippen molar-refractivity contribution in [2.45, 2.75) is 64.7 Å². The fourth-order valence-electron chi connectivity index (χ4n) is 6.49. The normalized spacial score (nSPS) is 45.7. The molecule has 1 nitrogen and oxygen atoms in total. The number of carbonyl (C=O) groups is 1. The number of Topliss-reactive ketones (excluding diaryl/α,β-unsaturated/α-hetero) is 1. The van der Waals surface area contributed by atoms with Gasteiger partial charge in [-0.15, -0.1) is 0 Å². The Kier molecular flexibility index (Phi) is 3.17. The van der Waals surface area contributed by atoms with Crippen molar-refractivity contribution >= 4 is 5.78 Å². The van der Waals surface area contributed by atoms with Crippen LogP contribution in [0.5, 0.6) is 0 Å². The highest BCUT2D eigenvalue weighted by Crippen LogP contribution is 2.63. The van der Waals surface area contributed by atoms with E-state index in [2.05, 4.69) is 19.6 Å². The van der Waals surface area contributed by atoms with Crippen LogP contribution in [0.4, 0.5) is 0 Å². The molecule has 0 aromatic rings. The molecule has 1 heteroatoms. The minimum Gasteiger partial charge on any atom is -0.299 e. The van der Waals surface area contributed by atoms with E-state index in [0.717, 1.165) is 37.5 Å². The lowest BCUT2D eigenvalue weighted by Gasteiger charge is -2.54. The Hall–Kier alpha value is -0.850. The van der Waals surface area contributed by atoms with Crippen molar-refractivity contribution in [3.05, 3.63) is 23.8 Å². The molecule has 3 saturated carbocycles. The molecule has 3 fully saturated rings. The maximum Gasteiger partial charge on any atom is 0.139 e. The fraction of sp³-hybridized carbons (Fsp3) is 0.750. The van der Waals surface area contributed by atoms with Gasteiger partial charge in [0.25, 0.3) is 0 Å².